The SMILES string of the molecule is CCc1ccc(C2C(C(=O)c3cc4cccc(OC)c4o3)=C(O)C(=O)N2c2ccc(C(=O)OC)cc2)cc1. The molecular formula is C30H25NO7. The van der Waals surface area contributed by atoms with E-state index >= 15 is 0 Å². The summed E-state index contributed by atoms with van der Waals surface area (Å²) in [6.07, 6.45) is 0.816. The Morgan fingerprint density at radius 1 is 1.00 bits per heavy atom. The molecule has 1 N–H and O–H groups in total. The molecule has 1 atom stereocenters. The highest BCUT2D eigenvalue weighted by Gasteiger charge is 2.45. The lowest BCUT2D eigenvalue weighted by atomic mass is 9.93. The molecule has 0 saturated carbocycles. The van der Waals surface area contributed by atoms with Gasteiger partial charge in [-0.2, -0.15) is 0 Å². The molecule has 1 amide bonds. The van der Waals surface area contributed by atoms with Gasteiger partial charge in [0.2, 0.25) is 5.78 Å². The van der Waals surface area contributed by atoms with Crippen molar-refractivity contribution in [2.75, 3.05) is 19.1 Å². The normalized spacial score (nSPS) is 15.3. The highest BCUT2D eigenvalue weighted by molar-refractivity contribution is 6.20. The van der Waals surface area contributed by atoms with Gasteiger partial charge in [0.05, 0.1) is 31.4 Å². The minimum Gasteiger partial charge on any atom is -0.503 e. The number of fused-ring (bicyclic) bond motifs is 1. The summed E-state index contributed by atoms with van der Waals surface area (Å²) < 4.78 is 16.0. The van der Waals surface area contributed by atoms with Crippen LogP contribution in [0.4, 0.5) is 5.69 Å². The van der Waals surface area contributed by atoms with Crippen LogP contribution in [-0.2, 0) is 16.0 Å². The Morgan fingerprint density at radius 3 is 2.34 bits per heavy atom. The second-order valence-corrected chi connectivity index (χ2v) is 8.79. The van der Waals surface area contributed by atoms with Gasteiger partial charge in [0.15, 0.2) is 22.9 Å². The van der Waals surface area contributed by atoms with E-state index in [9.17, 15) is 19.5 Å². The maximum Gasteiger partial charge on any atom is 0.337 e. The van der Waals surface area contributed by atoms with Crippen LogP contribution in [0, 0.1) is 0 Å². The number of rotatable bonds is 7. The average Bonchev–Trinajstić information content (AvgIpc) is 3.51. The summed E-state index contributed by atoms with van der Waals surface area (Å²) in [5, 5.41) is 11.7. The second kappa shape index (κ2) is 9.89. The zero-order valence-electron chi connectivity index (χ0n) is 21.1. The first-order valence-corrected chi connectivity index (χ1v) is 12.0. The Bertz CT molecular complexity index is 1580. The summed E-state index contributed by atoms with van der Waals surface area (Å²) >= 11 is 0. The van der Waals surface area contributed by atoms with E-state index in [2.05, 4.69) is 0 Å². The maximum atomic E-state index is 13.8. The Morgan fingerprint density at radius 2 is 1.71 bits per heavy atom. The molecule has 8 nitrogen and oxygen atoms in total. The van der Waals surface area contributed by atoms with Crippen molar-refractivity contribution in [2.24, 2.45) is 0 Å². The van der Waals surface area contributed by atoms with Crippen LogP contribution in [-0.4, -0.2) is 37.0 Å². The fourth-order valence-corrected chi connectivity index (χ4v) is 4.67. The number of hydrogen-bond acceptors (Lipinski definition) is 7. The van der Waals surface area contributed by atoms with Crippen LogP contribution in [0.5, 0.6) is 5.75 Å². The van der Waals surface area contributed by atoms with Gasteiger partial charge in [-0.15, -0.1) is 0 Å². The zero-order valence-corrected chi connectivity index (χ0v) is 21.1. The lowest BCUT2D eigenvalue weighted by Gasteiger charge is -2.27. The van der Waals surface area contributed by atoms with Crippen LogP contribution < -0.4 is 9.64 Å². The number of esters is 1. The number of aliphatic hydroxyl groups excluding tert-OH is 1. The summed E-state index contributed by atoms with van der Waals surface area (Å²) in [6, 6.07) is 19.6. The van der Waals surface area contributed by atoms with Crippen molar-refractivity contribution in [3.8, 4) is 5.75 Å². The van der Waals surface area contributed by atoms with Crippen molar-refractivity contribution in [3.63, 3.8) is 0 Å². The van der Waals surface area contributed by atoms with E-state index in [1.54, 1.807) is 36.4 Å². The number of ketones is 1. The van der Waals surface area contributed by atoms with Gasteiger partial charge in [0.25, 0.3) is 5.91 Å². The van der Waals surface area contributed by atoms with E-state index < -0.39 is 29.5 Å². The highest BCUT2D eigenvalue weighted by Crippen LogP contribution is 2.43. The number of methoxy groups -OCH3 is 2. The molecule has 5 rings (SSSR count). The van der Waals surface area contributed by atoms with Gasteiger partial charge in [-0.25, -0.2) is 4.79 Å². The third-order valence-electron chi connectivity index (χ3n) is 6.67. The number of nitrogens with zero attached hydrogens (tertiary/aromatic N) is 1. The lowest BCUT2D eigenvalue weighted by Crippen LogP contribution is -2.31. The fraction of sp³-hybridized carbons (Fsp3) is 0.167. The molecule has 1 aliphatic heterocycles. The number of anilines is 1. The van der Waals surface area contributed by atoms with Gasteiger partial charge in [0.1, 0.15) is 0 Å². The van der Waals surface area contributed by atoms with Crippen LogP contribution in [0.1, 0.15) is 45.0 Å². The maximum absolute atomic E-state index is 13.8. The van der Waals surface area contributed by atoms with Gasteiger partial charge in [-0.05, 0) is 53.9 Å². The predicted molar refractivity (Wildman–Crippen MR) is 141 cm³/mol. The quantitative estimate of drug-likeness (QED) is 0.255. The number of furan rings is 1. The Labute approximate surface area is 218 Å². The average molecular weight is 512 g/mol. The molecule has 1 unspecified atom stereocenters. The number of para-hydroxylation sites is 1. The number of benzene rings is 3. The molecule has 38 heavy (non-hydrogen) atoms. The van der Waals surface area contributed by atoms with E-state index in [0.717, 1.165) is 12.0 Å². The predicted octanol–water partition coefficient (Wildman–Crippen LogP) is 5.57. The molecule has 3 aromatic carbocycles. The van der Waals surface area contributed by atoms with Crippen LogP contribution in [0.2, 0.25) is 0 Å². The molecule has 0 fully saturated rings. The van der Waals surface area contributed by atoms with Crippen LogP contribution in [0.3, 0.4) is 0 Å². The monoisotopic (exact) mass is 511 g/mol. The van der Waals surface area contributed by atoms with Crippen molar-refractivity contribution in [2.45, 2.75) is 19.4 Å². The molecule has 0 radical (unpaired) electrons. The number of carbonyl (C=O) groups excluding carboxylic acids is 3. The minimum absolute atomic E-state index is 0.0306. The minimum atomic E-state index is -0.931. The summed E-state index contributed by atoms with van der Waals surface area (Å²) in [7, 11) is 2.78. The number of aliphatic hydroxyl groups is 1. The fourth-order valence-electron chi connectivity index (χ4n) is 4.67. The van der Waals surface area contributed by atoms with Crippen molar-refractivity contribution in [1.82, 2.24) is 0 Å². The van der Waals surface area contributed by atoms with Gasteiger partial charge in [0, 0.05) is 11.1 Å². The molecule has 1 aromatic heterocycles. The largest absolute Gasteiger partial charge is 0.503 e. The molecule has 192 valence electrons. The Kier molecular flexibility index (Phi) is 6.46. The lowest BCUT2D eigenvalue weighted by molar-refractivity contribution is -0.117. The zero-order chi connectivity index (χ0) is 27.0. The number of Topliss-reactive ketones (excluding diaryl/α,β-unsaturated/α-hetero) is 1. The Hall–Kier alpha value is -4.85. The molecule has 2 heterocycles. The molecule has 0 saturated heterocycles. The topological polar surface area (TPSA) is 106 Å². The van der Waals surface area contributed by atoms with Crippen LogP contribution in [0.15, 0.2) is 88.5 Å². The first-order chi connectivity index (χ1) is 18.4. The van der Waals surface area contributed by atoms with Gasteiger partial charge >= 0.3 is 5.97 Å². The molecule has 4 aromatic rings. The summed E-state index contributed by atoms with van der Waals surface area (Å²) in [4.78, 5) is 40.5. The molecule has 0 aliphatic carbocycles. The van der Waals surface area contributed by atoms with Crippen LogP contribution >= 0.6 is 0 Å². The smallest absolute Gasteiger partial charge is 0.337 e. The first kappa shape index (κ1) is 24.8. The van der Waals surface area contributed by atoms with E-state index in [1.165, 1.54) is 31.3 Å². The molecule has 1 aliphatic rings. The second-order valence-electron chi connectivity index (χ2n) is 8.79. The van der Waals surface area contributed by atoms with Gasteiger partial charge in [-0.3, -0.25) is 14.5 Å². The standard InChI is InChI=1S/C30H25NO7/c1-4-17-8-10-18(11-9-17)25-24(26(32)23-16-20-6-5-7-22(36-2)28(20)38-23)27(33)29(34)31(25)21-14-12-19(13-15-21)30(35)37-3/h5-16,25,33H,4H2,1-3H3. The van der Waals surface area contributed by atoms with Crippen molar-refractivity contribution < 1.29 is 33.4 Å². The van der Waals surface area contributed by atoms with E-state index in [-0.39, 0.29) is 11.3 Å². The number of aryl methyl sites for hydroxylation is 1. The third kappa shape index (κ3) is 4.10. The summed E-state index contributed by atoms with van der Waals surface area (Å²) in [5.41, 5.74) is 2.70. The first-order valence-electron chi connectivity index (χ1n) is 12.0. The highest BCUT2D eigenvalue weighted by atomic mass is 16.5. The number of carbonyl (C=O) groups is 3. The van der Waals surface area contributed by atoms with Gasteiger partial charge in [-0.1, -0.05) is 43.3 Å². The van der Waals surface area contributed by atoms with Crippen LogP contribution in [0.25, 0.3) is 11.0 Å². The number of amides is 1. The molecule has 0 bridgehead atoms. The molecular weight excluding hydrogens is 486 g/mol. The summed E-state index contributed by atoms with van der Waals surface area (Å²) in [5.74, 6) is -2.11. The van der Waals surface area contributed by atoms with E-state index in [1.807, 2.05) is 31.2 Å². The van der Waals surface area contributed by atoms with Gasteiger partial charge < -0.3 is 19.0 Å². The molecule has 0 spiro atoms. The third-order valence-corrected chi connectivity index (χ3v) is 6.67. The summed E-state index contributed by atoms with van der Waals surface area (Å²) in [6.45, 7) is 2.03. The van der Waals surface area contributed by atoms with Crippen molar-refractivity contribution >= 4 is 34.3 Å². The number of ether oxygens (including phenoxy) is 2. The number of hydrogen-bond donors (Lipinski definition) is 1. The van der Waals surface area contributed by atoms with E-state index in [4.69, 9.17) is 13.9 Å². The van der Waals surface area contributed by atoms with E-state index in [0.29, 0.717) is 33.5 Å². The molecule has 8 heteroatoms. The van der Waals surface area contributed by atoms with Crippen molar-refractivity contribution in [3.05, 3.63) is 107 Å². The van der Waals surface area contributed by atoms with Crippen molar-refractivity contribution in [1.29, 1.82) is 0 Å². The Balaban J connectivity index is 1.62.